The van der Waals surface area contributed by atoms with Gasteiger partial charge >= 0.3 is 0 Å². The van der Waals surface area contributed by atoms with Gasteiger partial charge in [0.2, 0.25) is 0 Å². The van der Waals surface area contributed by atoms with Crippen LogP contribution in [-0.4, -0.2) is 21.5 Å². The summed E-state index contributed by atoms with van der Waals surface area (Å²) in [4.78, 5) is 0. The third-order valence-electron chi connectivity index (χ3n) is 3.12. The van der Waals surface area contributed by atoms with Crippen LogP contribution in [-0.2, 0) is 6.54 Å². The summed E-state index contributed by atoms with van der Waals surface area (Å²) < 4.78 is 15.4. The number of rotatable bonds is 4. The molecule has 0 aliphatic carbocycles. The van der Waals surface area contributed by atoms with E-state index in [-0.39, 0.29) is 5.82 Å². The minimum Gasteiger partial charge on any atom is -0.313 e. The minimum absolute atomic E-state index is 0.269. The number of halogens is 1. The van der Waals surface area contributed by atoms with E-state index in [2.05, 4.69) is 15.6 Å². The van der Waals surface area contributed by atoms with Gasteiger partial charge in [-0.15, -0.1) is 5.10 Å². The summed E-state index contributed by atoms with van der Waals surface area (Å²) in [6.07, 6.45) is 0. The highest BCUT2D eigenvalue weighted by atomic mass is 19.1. The molecule has 0 radical (unpaired) electrons. The molecule has 0 spiro atoms. The quantitative estimate of drug-likeness (QED) is 0.792. The van der Waals surface area contributed by atoms with Gasteiger partial charge in [0.1, 0.15) is 11.3 Å². The van der Waals surface area contributed by atoms with E-state index in [4.69, 9.17) is 0 Å². The Morgan fingerprint density at radius 1 is 1.20 bits per heavy atom. The van der Waals surface area contributed by atoms with Crippen LogP contribution in [0, 0.1) is 5.82 Å². The van der Waals surface area contributed by atoms with E-state index in [1.807, 2.05) is 37.3 Å². The van der Waals surface area contributed by atoms with E-state index in [1.54, 1.807) is 4.68 Å². The molecule has 0 saturated heterocycles. The average Bonchev–Trinajstić information content (AvgIpc) is 2.88. The van der Waals surface area contributed by atoms with E-state index in [0.29, 0.717) is 12.2 Å². The minimum atomic E-state index is -0.269. The second-order valence-electron chi connectivity index (χ2n) is 4.59. The van der Waals surface area contributed by atoms with Crippen LogP contribution in [0.3, 0.4) is 0 Å². The lowest BCUT2D eigenvalue weighted by Crippen LogP contribution is -2.12. The third-order valence-corrected chi connectivity index (χ3v) is 3.12. The first-order chi connectivity index (χ1) is 9.78. The van der Waals surface area contributed by atoms with Crippen LogP contribution in [0.25, 0.3) is 16.7 Å². The first-order valence-electron chi connectivity index (χ1n) is 6.59. The third kappa shape index (κ3) is 2.40. The zero-order chi connectivity index (χ0) is 13.9. The average molecular weight is 270 g/mol. The molecule has 20 heavy (non-hydrogen) atoms. The molecular weight excluding hydrogens is 255 g/mol. The van der Waals surface area contributed by atoms with Crippen LogP contribution in [0.15, 0.2) is 42.5 Å². The molecule has 3 rings (SSSR count). The highest BCUT2D eigenvalue weighted by Crippen LogP contribution is 2.18. The molecule has 102 valence electrons. The summed E-state index contributed by atoms with van der Waals surface area (Å²) in [5.41, 5.74) is 3.24. The molecule has 0 aliphatic rings. The lowest BCUT2D eigenvalue weighted by Gasteiger charge is -2.07. The van der Waals surface area contributed by atoms with Gasteiger partial charge in [-0.2, -0.15) is 0 Å². The van der Waals surface area contributed by atoms with Crippen LogP contribution in [0.1, 0.15) is 12.5 Å². The summed E-state index contributed by atoms with van der Waals surface area (Å²) >= 11 is 0. The molecule has 5 heteroatoms. The van der Waals surface area contributed by atoms with Crippen molar-refractivity contribution < 1.29 is 4.39 Å². The van der Waals surface area contributed by atoms with Crippen molar-refractivity contribution in [1.82, 2.24) is 20.3 Å². The van der Waals surface area contributed by atoms with Crippen molar-refractivity contribution in [3.63, 3.8) is 0 Å². The standard InChI is InChI=1S/C15H15FN4/c1-2-17-10-11-7-12(16)9-13(8-11)20-15-6-4-3-5-14(15)18-19-20/h3-9,17H,2,10H2,1H3. The van der Waals surface area contributed by atoms with Crippen molar-refractivity contribution in [3.8, 4) is 5.69 Å². The van der Waals surface area contributed by atoms with Gasteiger partial charge in [0.05, 0.1) is 11.2 Å². The molecule has 4 nitrogen and oxygen atoms in total. The second kappa shape index (κ2) is 5.38. The van der Waals surface area contributed by atoms with Crippen molar-refractivity contribution in [2.24, 2.45) is 0 Å². The highest BCUT2D eigenvalue weighted by molar-refractivity contribution is 5.75. The van der Waals surface area contributed by atoms with E-state index in [1.165, 1.54) is 12.1 Å². The monoisotopic (exact) mass is 270 g/mol. The number of nitrogens with zero attached hydrogens (tertiary/aromatic N) is 3. The van der Waals surface area contributed by atoms with Crippen molar-refractivity contribution in [2.45, 2.75) is 13.5 Å². The lowest BCUT2D eigenvalue weighted by atomic mass is 10.2. The topological polar surface area (TPSA) is 42.7 Å². The number of hydrogen-bond donors (Lipinski definition) is 1. The number of aromatic nitrogens is 3. The molecule has 0 bridgehead atoms. The Bertz CT molecular complexity index is 736. The van der Waals surface area contributed by atoms with Gasteiger partial charge in [-0.05, 0) is 42.4 Å². The Morgan fingerprint density at radius 2 is 2.05 bits per heavy atom. The molecule has 0 saturated carbocycles. The fourth-order valence-electron chi connectivity index (χ4n) is 2.19. The molecule has 0 fully saturated rings. The Labute approximate surface area is 116 Å². The lowest BCUT2D eigenvalue weighted by molar-refractivity contribution is 0.619. The maximum absolute atomic E-state index is 13.8. The smallest absolute Gasteiger partial charge is 0.125 e. The van der Waals surface area contributed by atoms with Crippen molar-refractivity contribution in [3.05, 3.63) is 53.8 Å². The molecular formula is C15H15FN4. The number of hydrogen-bond acceptors (Lipinski definition) is 3. The number of benzene rings is 2. The van der Waals surface area contributed by atoms with Crippen molar-refractivity contribution >= 4 is 11.0 Å². The van der Waals surface area contributed by atoms with Crippen LogP contribution < -0.4 is 5.32 Å². The van der Waals surface area contributed by atoms with Crippen molar-refractivity contribution in [2.75, 3.05) is 6.54 Å². The first-order valence-corrected chi connectivity index (χ1v) is 6.59. The SMILES string of the molecule is CCNCc1cc(F)cc(-n2nnc3ccccc32)c1. The summed E-state index contributed by atoms with van der Waals surface area (Å²) in [6.45, 7) is 3.50. The first kappa shape index (κ1) is 12.7. The summed E-state index contributed by atoms with van der Waals surface area (Å²) in [5, 5.41) is 11.4. The summed E-state index contributed by atoms with van der Waals surface area (Å²) in [6, 6.07) is 12.6. The molecule has 0 atom stereocenters. The zero-order valence-electron chi connectivity index (χ0n) is 11.2. The van der Waals surface area contributed by atoms with Gasteiger partial charge in [0, 0.05) is 6.54 Å². The predicted molar refractivity (Wildman–Crippen MR) is 76.2 cm³/mol. The largest absolute Gasteiger partial charge is 0.313 e. The fraction of sp³-hybridized carbons (Fsp3) is 0.200. The maximum Gasteiger partial charge on any atom is 0.125 e. The second-order valence-corrected chi connectivity index (χ2v) is 4.59. The fourth-order valence-corrected chi connectivity index (χ4v) is 2.19. The Morgan fingerprint density at radius 3 is 2.90 bits per heavy atom. The molecule has 1 heterocycles. The summed E-state index contributed by atoms with van der Waals surface area (Å²) in [7, 11) is 0. The van der Waals surface area contributed by atoms with Crippen LogP contribution in [0.5, 0.6) is 0 Å². The van der Waals surface area contributed by atoms with Gasteiger partial charge in [0.25, 0.3) is 0 Å². The van der Waals surface area contributed by atoms with Gasteiger partial charge in [-0.25, -0.2) is 9.07 Å². The molecule has 2 aromatic carbocycles. The Hall–Kier alpha value is -2.27. The normalized spacial score (nSPS) is 11.1. The van der Waals surface area contributed by atoms with Crippen LogP contribution in [0.4, 0.5) is 4.39 Å². The van der Waals surface area contributed by atoms with Gasteiger partial charge in [0.15, 0.2) is 0 Å². The molecule has 0 unspecified atom stereocenters. The predicted octanol–water partition coefficient (Wildman–Crippen LogP) is 2.67. The zero-order valence-corrected chi connectivity index (χ0v) is 11.2. The highest BCUT2D eigenvalue weighted by Gasteiger charge is 2.08. The molecule has 1 N–H and O–H groups in total. The molecule has 3 aromatic rings. The van der Waals surface area contributed by atoms with E-state index in [9.17, 15) is 4.39 Å². The van der Waals surface area contributed by atoms with Crippen LogP contribution in [0.2, 0.25) is 0 Å². The molecule has 0 aliphatic heterocycles. The summed E-state index contributed by atoms with van der Waals surface area (Å²) in [5.74, 6) is -0.269. The van der Waals surface area contributed by atoms with E-state index >= 15 is 0 Å². The van der Waals surface area contributed by atoms with Crippen LogP contribution >= 0.6 is 0 Å². The van der Waals surface area contributed by atoms with E-state index in [0.717, 1.165) is 23.1 Å². The maximum atomic E-state index is 13.8. The Balaban J connectivity index is 2.07. The van der Waals surface area contributed by atoms with Crippen molar-refractivity contribution in [1.29, 1.82) is 0 Å². The van der Waals surface area contributed by atoms with Gasteiger partial charge in [-0.3, -0.25) is 0 Å². The number of fused-ring (bicyclic) bond motifs is 1. The van der Waals surface area contributed by atoms with E-state index < -0.39 is 0 Å². The Kier molecular flexibility index (Phi) is 3.43. The molecule has 1 aromatic heterocycles. The number of para-hydroxylation sites is 1. The van der Waals surface area contributed by atoms with Gasteiger partial charge in [-0.1, -0.05) is 24.3 Å². The number of nitrogens with one attached hydrogen (secondary N) is 1. The van der Waals surface area contributed by atoms with Gasteiger partial charge < -0.3 is 5.32 Å². The molecule has 0 amide bonds.